The van der Waals surface area contributed by atoms with Crippen LogP contribution < -0.4 is 9.47 Å². The molecule has 26 heavy (non-hydrogen) atoms. The number of carbonyl (C=O) groups is 1. The van der Waals surface area contributed by atoms with E-state index in [1.54, 1.807) is 19.3 Å². The van der Waals surface area contributed by atoms with Gasteiger partial charge < -0.3 is 19.4 Å². The molecule has 0 amide bonds. The van der Waals surface area contributed by atoms with Gasteiger partial charge in [-0.15, -0.1) is 0 Å². The fraction of sp³-hybridized carbons (Fsp3) is 0.429. The highest BCUT2D eigenvalue weighted by Gasteiger charge is 2.31. The third-order valence-corrected chi connectivity index (χ3v) is 4.77. The van der Waals surface area contributed by atoms with Gasteiger partial charge in [-0.05, 0) is 55.0 Å². The van der Waals surface area contributed by atoms with Gasteiger partial charge in [0.25, 0.3) is 0 Å². The van der Waals surface area contributed by atoms with Crippen molar-refractivity contribution in [2.24, 2.45) is 11.3 Å². The average Bonchev–Trinajstić information content (AvgIpc) is 2.64. The SMILES string of the molecule is CC(C=O)(CO)Cc1cccc(OCC2CC(Oc3cccnc3)C2)c1. The third-order valence-electron chi connectivity index (χ3n) is 4.77. The van der Waals surface area contributed by atoms with Crippen LogP contribution in [0.1, 0.15) is 25.3 Å². The topological polar surface area (TPSA) is 68.7 Å². The van der Waals surface area contributed by atoms with Crippen molar-refractivity contribution in [1.82, 2.24) is 4.98 Å². The largest absolute Gasteiger partial charge is 0.493 e. The van der Waals surface area contributed by atoms with E-state index in [4.69, 9.17) is 9.47 Å². The zero-order valence-corrected chi connectivity index (χ0v) is 15.0. The molecular formula is C21H25NO4. The van der Waals surface area contributed by atoms with Gasteiger partial charge in [0.1, 0.15) is 17.8 Å². The van der Waals surface area contributed by atoms with Crippen LogP contribution in [0.25, 0.3) is 0 Å². The zero-order chi connectivity index (χ0) is 18.4. The van der Waals surface area contributed by atoms with E-state index in [2.05, 4.69) is 4.98 Å². The molecule has 1 aromatic heterocycles. The van der Waals surface area contributed by atoms with Gasteiger partial charge in [0.2, 0.25) is 0 Å². The summed E-state index contributed by atoms with van der Waals surface area (Å²) in [6.07, 6.45) is 6.96. The predicted octanol–water partition coefficient (Wildman–Crippen LogP) is 3.06. The first-order valence-electron chi connectivity index (χ1n) is 8.96. The Morgan fingerprint density at radius 1 is 1.27 bits per heavy atom. The molecule has 0 saturated heterocycles. The molecule has 1 unspecified atom stereocenters. The van der Waals surface area contributed by atoms with Crippen molar-refractivity contribution in [3.05, 3.63) is 54.4 Å². The first-order valence-corrected chi connectivity index (χ1v) is 8.96. The van der Waals surface area contributed by atoms with Gasteiger partial charge in [-0.2, -0.15) is 0 Å². The molecule has 0 bridgehead atoms. The van der Waals surface area contributed by atoms with Crippen LogP contribution in [0.2, 0.25) is 0 Å². The number of aldehydes is 1. The van der Waals surface area contributed by atoms with Crippen molar-refractivity contribution in [3.63, 3.8) is 0 Å². The van der Waals surface area contributed by atoms with Crippen LogP contribution in [0.3, 0.4) is 0 Å². The summed E-state index contributed by atoms with van der Waals surface area (Å²) in [5.74, 6) is 2.09. The summed E-state index contributed by atoms with van der Waals surface area (Å²) in [5, 5.41) is 9.38. The van der Waals surface area contributed by atoms with E-state index in [1.807, 2.05) is 36.4 Å². The number of aliphatic hydroxyl groups excluding tert-OH is 1. The van der Waals surface area contributed by atoms with Crippen LogP contribution in [0.15, 0.2) is 48.8 Å². The second-order valence-corrected chi connectivity index (χ2v) is 7.33. The van der Waals surface area contributed by atoms with Crippen molar-refractivity contribution in [1.29, 1.82) is 0 Å². The van der Waals surface area contributed by atoms with E-state index in [0.717, 1.165) is 36.2 Å². The monoisotopic (exact) mass is 355 g/mol. The Kier molecular flexibility index (Phi) is 5.89. The van der Waals surface area contributed by atoms with Crippen molar-refractivity contribution in [3.8, 4) is 11.5 Å². The molecule has 138 valence electrons. The number of ether oxygens (including phenoxy) is 2. The number of hydrogen-bond acceptors (Lipinski definition) is 5. The van der Waals surface area contributed by atoms with Crippen LogP contribution in [0.5, 0.6) is 11.5 Å². The van der Waals surface area contributed by atoms with Gasteiger partial charge in [-0.25, -0.2) is 0 Å². The molecule has 5 heteroatoms. The molecule has 1 aliphatic carbocycles. The smallest absolute Gasteiger partial charge is 0.137 e. The average molecular weight is 355 g/mol. The van der Waals surface area contributed by atoms with E-state index in [0.29, 0.717) is 18.9 Å². The Labute approximate surface area is 154 Å². The second kappa shape index (κ2) is 8.32. The van der Waals surface area contributed by atoms with Crippen LogP contribution >= 0.6 is 0 Å². The first-order chi connectivity index (χ1) is 12.6. The molecule has 2 aromatic rings. The molecule has 1 aliphatic rings. The summed E-state index contributed by atoms with van der Waals surface area (Å²) in [6, 6.07) is 11.5. The van der Waals surface area contributed by atoms with Gasteiger partial charge in [0, 0.05) is 6.20 Å². The summed E-state index contributed by atoms with van der Waals surface area (Å²) in [4.78, 5) is 15.2. The minimum Gasteiger partial charge on any atom is -0.493 e. The number of nitrogens with zero attached hydrogens (tertiary/aromatic N) is 1. The van der Waals surface area contributed by atoms with E-state index >= 15 is 0 Å². The fourth-order valence-electron chi connectivity index (χ4n) is 3.08. The quantitative estimate of drug-likeness (QED) is 0.700. The zero-order valence-electron chi connectivity index (χ0n) is 15.0. The number of rotatable bonds is 9. The Balaban J connectivity index is 1.44. The predicted molar refractivity (Wildman–Crippen MR) is 98.3 cm³/mol. The van der Waals surface area contributed by atoms with Gasteiger partial charge in [0.15, 0.2) is 0 Å². The molecule has 1 aromatic carbocycles. The number of carbonyl (C=O) groups excluding carboxylic acids is 1. The number of aromatic nitrogens is 1. The normalized spacial score (nSPS) is 21.3. The van der Waals surface area contributed by atoms with Gasteiger partial charge in [0.05, 0.1) is 30.9 Å². The van der Waals surface area contributed by atoms with E-state index in [1.165, 1.54) is 0 Å². The lowest BCUT2D eigenvalue weighted by atomic mass is 9.83. The lowest BCUT2D eigenvalue weighted by molar-refractivity contribution is -0.117. The Hall–Kier alpha value is -2.40. The summed E-state index contributed by atoms with van der Waals surface area (Å²) in [5.41, 5.74) is 0.237. The van der Waals surface area contributed by atoms with Crippen LogP contribution in [-0.2, 0) is 11.2 Å². The molecule has 0 radical (unpaired) electrons. The molecule has 0 aliphatic heterocycles. The van der Waals surface area contributed by atoms with Crippen molar-refractivity contribution >= 4 is 6.29 Å². The molecule has 3 rings (SSSR count). The van der Waals surface area contributed by atoms with Gasteiger partial charge >= 0.3 is 0 Å². The minimum atomic E-state index is -0.747. The summed E-state index contributed by atoms with van der Waals surface area (Å²) in [6.45, 7) is 2.24. The molecule has 0 spiro atoms. The Bertz CT molecular complexity index is 715. The second-order valence-electron chi connectivity index (χ2n) is 7.33. The van der Waals surface area contributed by atoms with Crippen LogP contribution in [0, 0.1) is 11.3 Å². The van der Waals surface area contributed by atoms with Crippen molar-refractivity contribution in [2.45, 2.75) is 32.3 Å². The standard InChI is InChI=1S/C21H25NO4/c1-21(14-23,15-24)11-16-4-2-5-18(8-16)25-13-17-9-20(10-17)26-19-6-3-7-22-12-19/h2-8,12,14,17,20,24H,9-11,13,15H2,1H3. The van der Waals surface area contributed by atoms with E-state index in [9.17, 15) is 9.90 Å². The highest BCUT2D eigenvalue weighted by atomic mass is 16.5. The van der Waals surface area contributed by atoms with E-state index < -0.39 is 5.41 Å². The van der Waals surface area contributed by atoms with Gasteiger partial charge in [-0.1, -0.05) is 19.1 Å². The van der Waals surface area contributed by atoms with Crippen molar-refractivity contribution < 1.29 is 19.4 Å². The number of aliphatic hydroxyl groups is 1. The summed E-state index contributed by atoms with van der Waals surface area (Å²) in [7, 11) is 0. The number of hydrogen-bond donors (Lipinski definition) is 1. The highest BCUT2D eigenvalue weighted by Crippen LogP contribution is 2.32. The Morgan fingerprint density at radius 3 is 2.77 bits per heavy atom. The molecule has 1 atom stereocenters. The molecule has 5 nitrogen and oxygen atoms in total. The minimum absolute atomic E-state index is 0.165. The molecular weight excluding hydrogens is 330 g/mol. The van der Waals surface area contributed by atoms with Crippen LogP contribution in [0.4, 0.5) is 0 Å². The lowest BCUT2D eigenvalue weighted by Gasteiger charge is -2.35. The molecule has 1 saturated carbocycles. The van der Waals surface area contributed by atoms with Crippen molar-refractivity contribution in [2.75, 3.05) is 13.2 Å². The lowest BCUT2D eigenvalue weighted by Crippen LogP contribution is -2.37. The highest BCUT2D eigenvalue weighted by molar-refractivity contribution is 5.59. The van der Waals surface area contributed by atoms with Crippen LogP contribution in [-0.4, -0.2) is 35.7 Å². The Morgan fingerprint density at radius 2 is 2.08 bits per heavy atom. The number of benzene rings is 1. The summed E-state index contributed by atoms with van der Waals surface area (Å²) < 4.78 is 11.8. The molecule has 1 fully saturated rings. The number of pyridine rings is 1. The first kappa shape index (κ1) is 18.4. The summed E-state index contributed by atoms with van der Waals surface area (Å²) >= 11 is 0. The third kappa shape index (κ3) is 4.82. The molecule has 1 N–H and O–H groups in total. The molecule has 1 heterocycles. The maximum absolute atomic E-state index is 11.2. The maximum Gasteiger partial charge on any atom is 0.137 e. The maximum atomic E-state index is 11.2. The van der Waals surface area contributed by atoms with Gasteiger partial charge in [-0.3, -0.25) is 4.98 Å². The van der Waals surface area contributed by atoms with E-state index in [-0.39, 0.29) is 12.7 Å². The fourth-order valence-corrected chi connectivity index (χ4v) is 3.08.